The number of aromatic nitrogens is 2. The van der Waals surface area contributed by atoms with Gasteiger partial charge in [0.15, 0.2) is 0 Å². The van der Waals surface area contributed by atoms with Gasteiger partial charge in [-0.1, -0.05) is 18.9 Å². The molecule has 3 heterocycles. The zero-order chi connectivity index (χ0) is 17.5. The summed E-state index contributed by atoms with van der Waals surface area (Å²) in [5, 5.41) is 2.80. The van der Waals surface area contributed by atoms with Crippen LogP contribution in [0.1, 0.15) is 52.1 Å². The molecule has 1 N–H and O–H groups in total. The Labute approximate surface area is 147 Å². The molecule has 0 aromatic carbocycles. The van der Waals surface area contributed by atoms with Gasteiger partial charge in [-0.05, 0) is 31.0 Å². The maximum Gasteiger partial charge on any atom is 0.255 e. The highest BCUT2D eigenvalue weighted by atomic mass is 16.2. The molecule has 1 saturated heterocycles. The maximum atomic E-state index is 12.7. The van der Waals surface area contributed by atoms with Crippen LogP contribution in [0.4, 0.5) is 0 Å². The molecule has 1 fully saturated rings. The normalized spacial score (nSPS) is 14.6. The summed E-state index contributed by atoms with van der Waals surface area (Å²) in [6, 6.07) is 7.16. The van der Waals surface area contributed by atoms with E-state index in [-0.39, 0.29) is 11.8 Å². The van der Waals surface area contributed by atoms with Gasteiger partial charge in [0.05, 0.1) is 23.4 Å². The smallest absolute Gasteiger partial charge is 0.255 e. The van der Waals surface area contributed by atoms with Gasteiger partial charge in [0.2, 0.25) is 0 Å². The molecule has 130 valence electrons. The van der Waals surface area contributed by atoms with Gasteiger partial charge in [-0.2, -0.15) is 0 Å². The van der Waals surface area contributed by atoms with Crippen molar-refractivity contribution in [2.75, 3.05) is 13.1 Å². The Morgan fingerprint density at radius 1 is 1.04 bits per heavy atom. The number of amides is 2. The van der Waals surface area contributed by atoms with Crippen molar-refractivity contribution < 1.29 is 9.59 Å². The minimum absolute atomic E-state index is 0.0474. The van der Waals surface area contributed by atoms with Crippen LogP contribution in [0.15, 0.2) is 42.9 Å². The lowest BCUT2D eigenvalue weighted by atomic mass is 10.1. The molecule has 2 aromatic rings. The van der Waals surface area contributed by atoms with Gasteiger partial charge in [-0.3, -0.25) is 19.6 Å². The fourth-order valence-corrected chi connectivity index (χ4v) is 2.91. The van der Waals surface area contributed by atoms with Gasteiger partial charge in [-0.15, -0.1) is 0 Å². The van der Waals surface area contributed by atoms with Crippen LogP contribution < -0.4 is 5.32 Å². The van der Waals surface area contributed by atoms with Crippen LogP contribution in [0, 0.1) is 0 Å². The number of nitrogens with zero attached hydrogens (tertiary/aromatic N) is 3. The predicted octanol–water partition coefficient (Wildman–Crippen LogP) is 2.42. The molecular formula is C19H22N4O2. The van der Waals surface area contributed by atoms with Crippen LogP contribution in [-0.2, 0) is 6.54 Å². The van der Waals surface area contributed by atoms with Gasteiger partial charge >= 0.3 is 0 Å². The van der Waals surface area contributed by atoms with Crippen LogP contribution in [-0.4, -0.2) is 39.8 Å². The van der Waals surface area contributed by atoms with E-state index in [1.165, 1.54) is 12.4 Å². The first kappa shape index (κ1) is 17.1. The molecule has 6 heteroatoms. The summed E-state index contributed by atoms with van der Waals surface area (Å²) in [6.45, 7) is 1.88. The van der Waals surface area contributed by atoms with Crippen LogP contribution in [0.2, 0.25) is 0 Å². The Balaban J connectivity index is 1.65. The molecule has 0 radical (unpaired) electrons. The van der Waals surface area contributed by atoms with Crippen molar-refractivity contribution in [3.05, 3.63) is 59.7 Å². The highest BCUT2D eigenvalue weighted by Gasteiger charge is 2.19. The summed E-state index contributed by atoms with van der Waals surface area (Å²) in [6.07, 6.45) is 9.09. The van der Waals surface area contributed by atoms with E-state index in [9.17, 15) is 9.59 Å². The average Bonchev–Trinajstić information content (AvgIpc) is 2.96. The predicted molar refractivity (Wildman–Crippen MR) is 94.0 cm³/mol. The number of carbonyl (C=O) groups is 2. The van der Waals surface area contributed by atoms with Crippen molar-refractivity contribution in [1.29, 1.82) is 0 Å². The van der Waals surface area contributed by atoms with E-state index in [0.29, 0.717) is 17.7 Å². The van der Waals surface area contributed by atoms with E-state index in [1.54, 1.807) is 12.3 Å². The summed E-state index contributed by atoms with van der Waals surface area (Å²) in [4.78, 5) is 35.1. The molecule has 0 unspecified atom stereocenters. The molecule has 1 aliphatic rings. The fourth-order valence-electron chi connectivity index (χ4n) is 2.91. The minimum atomic E-state index is -0.260. The van der Waals surface area contributed by atoms with E-state index in [1.807, 2.05) is 23.1 Å². The highest BCUT2D eigenvalue weighted by molar-refractivity contribution is 5.99. The summed E-state index contributed by atoms with van der Waals surface area (Å²) in [5.74, 6) is -0.308. The molecule has 3 rings (SSSR count). The molecule has 1 aliphatic heterocycles. The molecule has 6 nitrogen and oxygen atoms in total. The van der Waals surface area contributed by atoms with Crippen LogP contribution in [0.25, 0.3) is 0 Å². The van der Waals surface area contributed by atoms with E-state index in [4.69, 9.17) is 0 Å². The van der Waals surface area contributed by atoms with E-state index in [2.05, 4.69) is 15.3 Å². The van der Waals surface area contributed by atoms with Crippen molar-refractivity contribution in [3.63, 3.8) is 0 Å². The molecular weight excluding hydrogens is 316 g/mol. The summed E-state index contributed by atoms with van der Waals surface area (Å²) in [7, 11) is 0. The number of likely N-dealkylation sites (tertiary alicyclic amines) is 1. The molecule has 0 saturated carbocycles. The van der Waals surface area contributed by atoms with Gasteiger partial charge in [-0.25, -0.2) is 0 Å². The Kier molecular flexibility index (Phi) is 5.72. The number of carbonyl (C=O) groups excluding carboxylic acids is 2. The van der Waals surface area contributed by atoms with Gasteiger partial charge in [0.1, 0.15) is 0 Å². The molecule has 2 aromatic heterocycles. The number of hydrogen-bond acceptors (Lipinski definition) is 4. The molecule has 0 aliphatic carbocycles. The summed E-state index contributed by atoms with van der Waals surface area (Å²) in [5.41, 5.74) is 1.63. The molecule has 0 bridgehead atoms. The quantitative estimate of drug-likeness (QED) is 0.929. The van der Waals surface area contributed by atoms with E-state index in [0.717, 1.165) is 44.5 Å². The SMILES string of the molecule is O=C(NCc1ccccn1)c1cncc(C(=O)N2CCCCCC2)c1. The maximum absolute atomic E-state index is 12.7. The van der Waals surface area contributed by atoms with Crippen molar-refractivity contribution in [2.24, 2.45) is 0 Å². The largest absolute Gasteiger partial charge is 0.346 e. The molecule has 0 spiro atoms. The number of nitrogens with one attached hydrogen (secondary N) is 1. The molecule has 0 atom stereocenters. The van der Waals surface area contributed by atoms with Crippen molar-refractivity contribution in [2.45, 2.75) is 32.2 Å². The van der Waals surface area contributed by atoms with Crippen molar-refractivity contribution in [1.82, 2.24) is 20.2 Å². The lowest BCUT2D eigenvalue weighted by Gasteiger charge is -2.20. The van der Waals surface area contributed by atoms with Crippen LogP contribution in [0.5, 0.6) is 0 Å². The third-order valence-electron chi connectivity index (χ3n) is 4.30. The average molecular weight is 338 g/mol. The second-order valence-electron chi connectivity index (χ2n) is 6.17. The number of pyridine rings is 2. The zero-order valence-electron chi connectivity index (χ0n) is 14.1. The first-order valence-corrected chi connectivity index (χ1v) is 8.66. The monoisotopic (exact) mass is 338 g/mol. The first-order chi connectivity index (χ1) is 12.2. The van der Waals surface area contributed by atoms with Gasteiger partial charge in [0, 0.05) is 31.7 Å². The number of rotatable bonds is 4. The van der Waals surface area contributed by atoms with Crippen molar-refractivity contribution >= 4 is 11.8 Å². The lowest BCUT2D eigenvalue weighted by molar-refractivity contribution is 0.0761. The summed E-state index contributed by atoms with van der Waals surface area (Å²) >= 11 is 0. The Bertz CT molecular complexity index is 725. The molecule has 25 heavy (non-hydrogen) atoms. The first-order valence-electron chi connectivity index (χ1n) is 8.66. The topological polar surface area (TPSA) is 75.2 Å². The van der Waals surface area contributed by atoms with Gasteiger partial charge in [0.25, 0.3) is 11.8 Å². The zero-order valence-corrected chi connectivity index (χ0v) is 14.1. The minimum Gasteiger partial charge on any atom is -0.346 e. The second-order valence-corrected chi connectivity index (χ2v) is 6.17. The molecule has 2 amide bonds. The Hall–Kier alpha value is -2.76. The Morgan fingerprint density at radius 2 is 1.80 bits per heavy atom. The van der Waals surface area contributed by atoms with Gasteiger partial charge < -0.3 is 10.2 Å². The third kappa shape index (κ3) is 4.62. The van der Waals surface area contributed by atoms with E-state index < -0.39 is 0 Å². The van der Waals surface area contributed by atoms with Crippen LogP contribution in [0.3, 0.4) is 0 Å². The van der Waals surface area contributed by atoms with Crippen LogP contribution >= 0.6 is 0 Å². The third-order valence-corrected chi connectivity index (χ3v) is 4.30. The lowest BCUT2D eigenvalue weighted by Crippen LogP contribution is -2.32. The van der Waals surface area contributed by atoms with Crippen molar-refractivity contribution in [3.8, 4) is 0 Å². The Morgan fingerprint density at radius 3 is 2.52 bits per heavy atom. The summed E-state index contributed by atoms with van der Waals surface area (Å²) < 4.78 is 0. The second kappa shape index (κ2) is 8.37. The number of hydrogen-bond donors (Lipinski definition) is 1. The highest BCUT2D eigenvalue weighted by Crippen LogP contribution is 2.14. The fraction of sp³-hybridized carbons (Fsp3) is 0.368. The van der Waals surface area contributed by atoms with E-state index >= 15 is 0 Å². The standard InChI is InChI=1S/C19H22N4O2/c24-18(22-14-17-7-3-4-8-21-17)15-11-16(13-20-12-15)19(25)23-9-5-1-2-6-10-23/h3-4,7-8,11-13H,1-2,5-6,9-10,14H2,(H,22,24).